The van der Waals surface area contributed by atoms with Crippen LogP contribution in [-0.4, -0.2) is 24.2 Å². The number of carbonyl (C=O) groups is 1. The van der Waals surface area contributed by atoms with Gasteiger partial charge in [0.05, 0.1) is 19.1 Å². The molecular weight excluding hydrogens is 244 g/mol. The van der Waals surface area contributed by atoms with Crippen LogP contribution in [0.5, 0.6) is 0 Å². The van der Waals surface area contributed by atoms with Crippen LogP contribution in [0.3, 0.4) is 0 Å². The second-order valence-electron chi connectivity index (χ2n) is 4.04. The largest absolute Gasteiger partial charge is 0.472 e. The number of hydrogen-bond acceptors (Lipinski definition) is 4. The summed E-state index contributed by atoms with van der Waals surface area (Å²) >= 11 is 0. The number of aliphatic hydroxyl groups excluding tert-OH is 1. The molecule has 19 heavy (non-hydrogen) atoms. The van der Waals surface area contributed by atoms with Gasteiger partial charge in [-0.3, -0.25) is 4.79 Å². The third-order valence-electron chi connectivity index (χ3n) is 2.62. The highest BCUT2D eigenvalue weighted by Gasteiger charge is 2.04. The van der Waals surface area contributed by atoms with Gasteiger partial charge in [0, 0.05) is 29.9 Å². The maximum absolute atomic E-state index is 11.6. The van der Waals surface area contributed by atoms with E-state index in [1.165, 1.54) is 0 Å². The maximum atomic E-state index is 11.6. The van der Waals surface area contributed by atoms with E-state index in [0.29, 0.717) is 12.1 Å². The second-order valence-corrected chi connectivity index (χ2v) is 4.04. The molecule has 0 saturated carbocycles. The highest BCUT2D eigenvalue weighted by Crippen LogP contribution is 2.11. The van der Waals surface area contributed by atoms with Crippen LogP contribution in [0.25, 0.3) is 0 Å². The van der Waals surface area contributed by atoms with E-state index in [1.54, 1.807) is 24.7 Å². The molecule has 1 amide bonds. The topological polar surface area (TPSA) is 74.5 Å². The van der Waals surface area contributed by atoms with Gasteiger partial charge in [0.1, 0.15) is 0 Å². The number of benzene rings is 1. The minimum absolute atomic E-state index is 0.0594. The number of amides is 1. The second kappa shape index (κ2) is 6.61. The third kappa shape index (κ3) is 3.86. The fourth-order valence-corrected chi connectivity index (χ4v) is 1.61. The van der Waals surface area contributed by atoms with E-state index in [0.717, 1.165) is 11.3 Å². The van der Waals surface area contributed by atoms with Crippen molar-refractivity contribution in [3.63, 3.8) is 0 Å². The average Bonchev–Trinajstić information content (AvgIpc) is 2.96. The van der Waals surface area contributed by atoms with Crippen molar-refractivity contribution in [1.29, 1.82) is 0 Å². The Morgan fingerprint density at radius 2 is 2.00 bits per heavy atom. The Kier molecular flexibility index (Phi) is 4.58. The van der Waals surface area contributed by atoms with Crippen LogP contribution in [0.1, 0.15) is 15.9 Å². The lowest BCUT2D eigenvalue weighted by Gasteiger charge is -2.06. The molecule has 2 rings (SSSR count). The first-order valence-electron chi connectivity index (χ1n) is 6.03. The van der Waals surface area contributed by atoms with Gasteiger partial charge in [0.25, 0.3) is 5.91 Å². The highest BCUT2D eigenvalue weighted by atomic mass is 16.3. The highest BCUT2D eigenvalue weighted by molar-refractivity contribution is 5.94. The maximum Gasteiger partial charge on any atom is 0.251 e. The number of nitrogens with one attached hydrogen (secondary N) is 2. The van der Waals surface area contributed by atoms with Gasteiger partial charge >= 0.3 is 0 Å². The molecule has 0 atom stereocenters. The molecule has 1 heterocycles. The molecule has 0 aliphatic carbocycles. The van der Waals surface area contributed by atoms with Gasteiger partial charge in [0.15, 0.2) is 0 Å². The number of aliphatic hydroxyl groups is 1. The minimum atomic E-state index is -0.185. The van der Waals surface area contributed by atoms with Gasteiger partial charge in [-0.1, -0.05) is 0 Å². The molecule has 3 N–H and O–H groups in total. The Hall–Kier alpha value is -2.27. The Morgan fingerprint density at radius 3 is 2.63 bits per heavy atom. The van der Waals surface area contributed by atoms with Crippen molar-refractivity contribution < 1.29 is 14.3 Å². The van der Waals surface area contributed by atoms with Crippen LogP contribution in [0.2, 0.25) is 0 Å². The van der Waals surface area contributed by atoms with Crippen molar-refractivity contribution in [3.05, 3.63) is 54.0 Å². The molecule has 0 bridgehead atoms. The summed E-state index contributed by atoms with van der Waals surface area (Å²) in [5.41, 5.74) is 2.56. The van der Waals surface area contributed by atoms with E-state index in [4.69, 9.17) is 9.52 Å². The summed E-state index contributed by atoms with van der Waals surface area (Å²) in [6, 6.07) is 9.06. The first-order valence-corrected chi connectivity index (χ1v) is 6.03. The molecule has 0 fully saturated rings. The smallest absolute Gasteiger partial charge is 0.251 e. The Balaban J connectivity index is 1.89. The van der Waals surface area contributed by atoms with Gasteiger partial charge in [-0.05, 0) is 30.3 Å². The normalized spacial score (nSPS) is 10.2. The lowest BCUT2D eigenvalue weighted by atomic mass is 10.2. The average molecular weight is 260 g/mol. The zero-order valence-corrected chi connectivity index (χ0v) is 10.4. The zero-order chi connectivity index (χ0) is 13.5. The molecule has 0 aliphatic rings. The fraction of sp³-hybridized carbons (Fsp3) is 0.214. The molecular formula is C14H16N2O3. The van der Waals surface area contributed by atoms with Crippen molar-refractivity contribution in [2.45, 2.75) is 6.54 Å². The molecule has 1 aromatic carbocycles. The van der Waals surface area contributed by atoms with Gasteiger partial charge in [0.2, 0.25) is 0 Å². The third-order valence-corrected chi connectivity index (χ3v) is 2.62. The Labute approximate surface area is 111 Å². The van der Waals surface area contributed by atoms with Crippen molar-refractivity contribution in [2.24, 2.45) is 0 Å². The van der Waals surface area contributed by atoms with E-state index in [9.17, 15) is 4.79 Å². The quantitative estimate of drug-likeness (QED) is 0.737. The number of carbonyl (C=O) groups excluding carboxylic acids is 1. The SMILES string of the molecule is O=C(NCCO)c1ccc(NCc2ccoc2)cc1. The van der Waals surface area contributed by atoms with Gasteiger partial charge in [-0.15, -0.1) is 0 Å². The summed E-state index contributed by atoms with van der Waals surface area (Å²) < 4.78 is 4.98. The number of anilines is 1. The summed E-state index contributed by atoms with van der Waals surface area (Å²) in [4.78, 5) is 11.6. The molecule has 0 radical (unpaired) electrons. The van der Waals surface area contributed by atoms with Crippen molar-refractivity contribution >= 4 is 11.6 Å². The van der Waals surface area contributed by atoms with Gasteiger partial charge < -0.3 is 20.2 Å². The Morgan fingerprint density at radius 1 is 1.21 bits per heavy atom. The fourth-order valence-electron chi connectivity index (χ4n) is 1.61. The first-order chi connectivity index (χ1) is 9.29. The molecule has 1 aromatic heterocycles. The van der Waals surface area contributed by atoms with E-state index in [2.05, 4.69) is 10.6 Å². The van der Waals surface area contributed by atoms with Crippen LogP contribution >= 0.6 is 0 Å². The summed E-state index contributed by atoms with van der Waals surface area (Å²) in [5, 5.41) is 14.5. The summed E-state index contributed by atoms with van der Waals surface area (Å²) in [6.45, 7) is 0.877. The summed E-state index contributed by atoms with van der Waals surface area (Å²) in [7, 11) is 0. The van der Waals surface area contributed by atoms with Crippen LogP contribution < -0.4 is 10.6 Å². The van der Waals surface area contributed by atoms with E-state index in [-0.39, 0.29) is 19.1 Å². The first kappa shape index (κ1) is 13.2. The van der Waals surface area contributed by atoms with Crippen LogP contribution in [0.15, 0.2) is 47.3 Å². The number of hydrogen-bond donors (Lipinski definition) is 3. The predicted octanol–water partition coefficient (Wildman–Crippen LogP) is 1.61. The number of rotatable bonds is 6. The summed E-state index contributed by atoms with van der Waals surface area (Å²) in [5.74, 6) is -0.185. The minimum Gasteiger partial charge on any atom is -0.472 e. The number of furan rings is 1. The van der Waals surface area contributed by atoms with E-state index >= 15 is 0 Å². The van der Waals surface area contributed by atoms with Gasteiger partial charge in [-0.25, -0.2) is 0 Å². The van der Waals surface area contributed by atoms with Crippen LogP contribution in [0.4, 0.5) is 5.69 Å². The van der Waals surface area contributed by atoms with Crippen molar-refractivity contribution in [2.75, 3.05) is 18.5 Å². The standard InChI is InChI=1S/C14H16N2O3/c17-7-6-15-14(18)12-1-3-13(4-2-12)16-9-11-5-8-19-10-11/h1-5,8,10,16-17H,6-7,9H2,(H,15,18). The van der Waals surface area contributed by atoms with E-state index in [1.807, 2.05) is 18.2 Å². The molecule has 0 saturated heterocycles. The molecule has 0 aliphatic heterocycles. The summed E-state index contributed by atoms with van der Waals surface area (Å²) in [6.07, 6.45) is 3.31. The lowest BCUT2D eigenvalue weighted by Crippen LogP contribution is -2.26. The monoisotopic (exact) mass is 260 g/mol. The Bertz CT molecular complexity index is 506. The van der Waals surface area contributed by atoms with E-state index < -0.39 is 0 Å². The lowest BCUT2D eigenvalue weighted by molar-refractivity contribution is 0.0945. The van der Waals surface area contributed by atoms with Crippen molar-refractivity contribution in [1.82, 2.24) is 5.32 Å². The molecule has 5 nitrogen and oxygen atoms in total. The molecule has 0 unspecified atom stereocenters. The molecule has 100 valence electrons. The van der Waals surface area contributed by atoms with Crippen LogP contribution in [0, 0.1) is 0 Å². The molecule has 2 aromatic rings. The molecule has 5 heteroatoms. The van der Waals surface area contributed by atoms with Crippen molar-refractivity contribution in [3.8, 4) is 0 Å². The predicted molar refractivity (Wildman–Crippen MR) is 71.9 cm³/mol. The molecule has 0 spiro atoms. The zero-order valence-electron chi connectivity index (χ0n) is 10.4. The van der Waals surface area contributed by atoms with Gasteiger partial charge in [-0.2, -0.15) is 0 Å². The van der Waals surface area contributed by atoms with Crippen LogP contribution in [-0.2, 0) is 6.54 Å².